The first-order chi connectivity index (χ1) is 14.6. The molecule has 0 aromatic rings. The summed E-state index contributed by atoms with van der Waals surface area (Å²) in [5, 5.41) is 17.8. The van der Waals surface area contributed by atoms with Gasteiger partial charge in [-0.15, -0.1) is 0 Å². The van der Waals surface area contributed by atoms with Gasteiger partial charge in [-0.25, -0.2) is 0 Å². The number of rotatable bonds is 23. The van der Waals surface area contributed by atoms with Crippen molar-refractivity contribution < 1.29 is 24.5 Å². The zero-order chi connectivity index (χ0) is 22.3. The number of carboxylic acid groups (broad SMARTS) is 1. The van der Waals surface area contributed by atoms with Gasteiger partial charge in [-0.2, -0.15) is 0 Å². The van der Waals surface area contributed by atoms with E-state index in [0.717, 1.165) is 58.0 Å². The molecule has 0 amide bonds. The lowest BCUT2D eigenvalue weighted by Gasteiger charge is -2.21. The molecule has 0 bridgehead atoms. The van der Waals surface area contributed by atoms with Crippen LogP contribution in [-0.2, 0) is 14.3 Å². The van der Waals surface area contributed by atoms with Crippen LogP contribution in [0.15, 0.2) is 0 Å². The zero-order valence-electron chi connectivity index (χ0n) is 19.4. The molecular weight excluding hydrogens is 382 g/mol. The number of ether oxygens (including phenoxy) is 1. The van der Waals surface area contributed by atoms with E-state index in [1.807, 2.05) is 0 Å². The van der Waals surface area contributed by atoms with E-state index >= 15 is 0 Å². The normalized spacial score (nSPS) is 11.2. The fraction of sp³-hybridized carbons (Fsp3) is 0.917. The van der Waals surface area contributed by atoms with Gasteiger partial charge in [0.1, 0.15) is 0 Å². The highest BCUT2D eigenvalue weighted by atomic mass is 16.5. The second kappa shape index (κ2) is 22.5. The number of nitrogens with zero attached hydrogens (tertiary/aromatic N) is 1. The molecule has 178 valence electrons. The van der Waals surface area contributed by atoms with Crippen LogP contribution in [0.1, 0.15) is 110 Å². The first-order valence-corrected chi connectivity index (χ1v) is 12.3. The lowest BCUT2D eigenvalue weighted by Crippen LogP contribution is -2.29. The van der Waals surface area contributed by atoms with Gasteiger partial charge < -0.3 is 19.8 Å². The molecule has 0 spiro atoms. The minimum absolute atomic E-state index is 0.0800. The van der Waals surface area contributed by atoms with E-state index in [2.05, 4.69) is 11.8 Å². The third kappa shape index (κ3) is 21.6. The van der Waals surface area contributed by atoms with Crippen molar-refractivity contribution in [1.82, 2.24) is 4.90 Å². The molecule has 0 heterocycles. The Bertz CT molecular complexity index is 403. The van der Waals surface area contributed by atoms with Crippen LogP contribution in [0.4, 0.5) is 0 Å². The first kappa shape index (κ1) is 28.9. The second-order valence-corrected chi connectivity index (χ2v) is 8.28. The van der Waals surface area contributed by atoms with Gasteiger partial charge in [0, 0.05) is 19.4 Å². The number of unbranched alkanes of at least 4 members (excludes halogenated alkanes) is 11. The smallest absolute Gasteiger partial charge is 0.305 e. The summed E-state index contributed by atoms with van der Waals surface area (Å²) in [6, 6.07) is 0. The van der Waals surface area contributed by atoms with Gasteiger partial charge in [0.05, 0.1) is 13.2 Å². The van der Waals surface area contributed by atoms with Crippen molar-refractivity contribution in [3.63, 3.8) is 0 Å². The average molecular weight is 430 g/mol. The number of esters is 1. The maximum absolute atomic E-state index is 11.8. The van der Waals surface area contributed by atoms with Crippen LogP contribution in [0.2, 0.25) is 0 Å². The summed E-state index contributed by atoms with van der Waals surface area (Å²) in [6.45, 7) is 5.38. The van der Waals surface area contributed by atoms with Crippen molar-refractivity contribution in [3.8, 4) is 0 Å². The Morgan fingerprint density at radius 2 is 1.23 bits per heavy atom. The van der Waals surface area contributed by atoms with Crippen LogP contribution in [0.5, 0.6) is 0 Å². The lowest BCUT2D eigenvalue weighted by atomic mass is 10.1. The Hall–Kier alpha value is -1.14. The van der Waals surface area contributed by atoms with E-state index in [-0.39, 0.29) is 19.0 Å². The molecule has 0 radical (unpaired) electrons. The van der Waals surface area contributed by atoms with Crippen molar-refractivity contribution in [2.45, 2.75) is 110 Å². The molecular formula is C24H47NO5. The van der Waals surface area contributed by atoms with Crippen molar-refractivity contribution in [3.05, 3.63) is 0 Å². The summed E-state index contributed by atoms with van der Waals surface area (Å²) in [7, 11) is 0. The van der Waals surface area contributed by atoms with Crippen LogP contribution in [-0.4, -0.2) is 59.9 Å². The monoisotopic (exact) mass is 429 g/mol. The fourth-order valence-electron chi connectivity index (χ4n) is 3.54. The Kier molecular flexibility index (Phi) is 21.7. The fourth-order valence-corrected chi connectivity index (χ4v) is 3.54. The van der Waals surface area contributed by atoms with Crippen LogP contribution < -0.4 is 0 Å². The Morgan fingerprint density at radius 3 is 1.80 bits per heavy atom. The maximum atomic E-state index is 11.8. The van der Waals surface area contributed by atoms with Gasteiger partial charge in [0.15, 0.2) is 0 Å². The number of aliphatic carboxylic acids is 1. The van der Waals surface area contributed by atoms with Gasteiger partial charge in [0.2, 0.25) is 0 Å². The molecule has 0 saturated carbocycles. The van der Waals surface area contributed by atoms with Gasteiger partial charge in [-0.05, 0) is 45.2 Å². The predicted octanol–water partition coefficient (Wildman–Crippen LogP) is 5.17. The van der Waals surface area contributed by atoms with Crippen molar-refractivity contribution in [2.24, 2.45) is 0 Å². The highest BCUT2D eigenvalue weighted by Gasteiger charge is 2.06. The van der Waals surface area contributed by atoms with Crippen LogP contribution in [0.25, 0.3) is 0 Å². The number of aliphatic hydroxyl groups is 1. The molecule has 30 heavy (non-hydrogen) atoms. The minimum atomic E-state index is -0.737. The SMILES string of the molecule is CCCCCCCCCCOC(=O)CCCCCN(CCO)CCCCCC(=O)O. The molecule has 0 unspecified atom stereocenters. The number of carboxylic acids is 1. The molecule has 0 aliphatic heterocycles. The number of carbonyl (C=O) groups excluding carboxylic acids is 1. The number of carbonyl (C=O) groups is 2. The minimum Gasteiger partial charge on any atom is -0.481 e. The molecule has 0 aliphatic carbocycles. The van der Waals surface area contributed by atoms with E-state index < -0.39 is 5.97 Å². The summed E-state index contributed by atoms with van der Waals surface area (Å²) in [4.78, 5) is 24.5. The van der Waals surface area contributed by atoms with E-state index in [9.17, 15) is 14.7 Å². The largest absolute Gasteiger partial charge is 0.481 e. The molecule has 0 aliphatic rings. The van der Waals surface area contributed by atoms with Gasteiger partial charge in [-0.3, -0.25) is 9.59 Å². The average Bonchev–Trinajstić information content (AvgIpc) is 2.71. The van der Waals surface area contributed by atoms with Gasteiger partial charge in [-0.1, -0.05) is 64.7 Å². The summed E-state index contributed by atoms with van der Waals surface area (Å²) >= 11 is 0. The number of hydrogen-bond donors (Lipinski definition) is 2. The van der Waals surface area contributed by atoms with E-state index in [1.54, 1.807) is 0 Å². The molecule has 6 heteroatoms. The topological polar surface area (TPSA) is 87.1 Å². The van der Waals surface area contributed by atoms with Crippen LogP contribution in [0, 0.1) is 0 Å². The van der Waals surface area contributed by atoms with Crippen molar-refractivity contribution in [1.29, 1.82) is 0 Å². The van der Waals surface area contributed by atoms with Crippen molar-refractivity contribution in [2.75, 3.05) is 32.8 Å². The molecule has 0 atom stereocenters. The van der Waals surface area contributed by atoms with Gasteiger partial charge in [0.25, 0.3) is 0 Å². The molecule has 0 saturated heterocycles. The Balaban J connectivity index is 3.53. The highest BCUT2D eigenvalue weighted by Crippen LogP contribution is 2.09. The number of aliphatic hydroxyl groups excluding tert-OH is 1. The third-order valence-corrected chi connectivity index (χ3v) is 5.40. The van der Waals surface area contributed by atoms with E-state index in [1.165, 1.54) is 38.5 Å². The van der Waals surface area contributed by atoms with Crippen molar-refractivity contribution >= 4 is 11.9 Å². The zero-order valence-corrected chi connectivity index (χ0v) is 19.4. The predicted molar refractivity (Wildman–Crippen MR) is 122 cm³/mol. The van der Waals surface area contributed by atoms with E-state index in [0.29, 0.717) is 26.0 Å². The van der Waals surface area contributed by atoms with E-state index in [4.69, 9.17) is 9.84 Å². The number of hydrogen-bond acceptors (Lipinski definition) is 5. The first-order valence-electron chi connectivity index (χ1n) is 12.3. The summed E-state index contributed by atoms with van der Waals surface area (Å²) in [5.41, 5.74) is 0. The molecule has 0 aromatic heterocycles. The lowest BCUT2D eigenvalue weighted by molar-refractivity contribution is -0.144. The maximum Gasteiger partial charge on any atom is 0.305 e. The molecule has 0 rings (SSSR count). The summed E-state index contributed by atoms with van der Waals surface area (Å²) < 4.78 is 5.32. The standard InChI is InChI=1S/C24H47NO5/c1-2-3-4-5-6-7-8-15-22-30-24(29)17-12-10-14-19-25(20-21-26)18-13-9-11-16-23(27)28/h26H,2-22H2,1H3,(H,27,28). The second-order valence-electron chi connectivity index (χ2n) is 8.28. The third-order valence-electron chi connectivity index (χ3n) is 5.40. The Morgan fingerprint density at radius 1 is 0.700 bits per heavy atom. The summed E-state index contributed by atoms with van der Waals surface area (Å²) in [5.74, 6) is -0.817. The van der Waals surface area contributed by atoms with Crippen LogP contribution >= 0.6 is 0 Å². The van der Waals surface area contributed by atoms with Gasteiger partial charge >= 0.3 is 11.9 Å². The molecule has 0 aromatic carbocycles. The molecule has 6 nitrogen and oxygen atoms in total. The highest BCUT2D eigenvalue weighted by molar-refractivity contribution is 5.69. The van der Waals surface area contributed by atoms with Crippen LogP contribution in [0.3, 0.4) is 0 Å². The summed E-state index contributed by atoms with van der Waals surface area (Å²) in [6.07, 6.45) is 16.1. The molecule has 2 N–H and O–H groups in total. The molecule has 0 fully saturated rings. The Labute approximate surface area is 184 Å². The quantitative estimate of drug-likeness (QED) is 0.172.